The molecule has 1 rings (SSSR count). The van der Waals surface area contributed by atoms with Crippen LogP contribution in [0.2, 0.25) is 0 Å². The fourth-order valence-electron chi connectivity index (χ4n) is 1.79. The van der Waals surface area contributed by atoms with Gasteiger partial charge in [0.1, 0.15) is 11.5 Å². The van der Waals surface area contributed by atoms with E-state index in [9.17, 15) is 5.11 Å². The van der Waals surface area contributed by atoms with E-state index in [2.05, 4.69) is 0 Å². The molecule has 0 bridgehead atoms. The van der Waals surface area contributed by atoms with Gasteiger partial charge in [-0.2, -0.15) is 0 Å². The largest absolute Gasteiger partial charge is 0.497 e. The van der Waals surface area contributed by atoms with Gasteiger partial charge in [-0.05, 0) is 56.9 Å². The van der Waals surface area contributed by atoms with Gasteiger partial charge in [-0.3, -0.25) is 0 Å². The quantitative estimate of drug-likeness (QED) is 0.828. The molecule has 0 unspecified atom stereocenters. The van der Waals surface area contributed by atoms with Crippen molar-refractivity contribution in [2.24, 2.45) is 0 Å². The molecule has 1 N–H and O–H groups in total. The van der Waals surface area contributed by atoms with Gasteiger partial charge in [0.15, 0.2) is 0 Å². The third kappa shape index (κ3) is 4.65. The molecule has 17 heavy (non-hydrogen) atoms. The zero-order valence-corrected chi connectivity index (χ0v) is 11.1. The molecule has 0 fully saturated rings. The molecule has 0 spiro atoms. The predicted octanol–water partition coefficient (Wildman–Crippen LogP) is 2.80. The molecule has 1 aromatic carbocycles. The van der Waals surface area contributed by atoms with Gasteiger partial charge in [-0.15, -0.1) is 0 Å². The number of hydrogen-bond donors (Lipinski definition) is 1. The molecule has 0 heterocycles. The van der Waals surface area contributed by atoms with Crippen LogP contribution in [0.3, 0.4) is 0 Å². The summed E-state index contributed by atoms with van der Waals surface area (Å²) >= 11 is 0. The zero-order valence-electron chi connectivity index (χ0n) is 11.1. The summed E-state index contributed by atoms with van der Waals surface area (Å²) in [5.41, 5.74) is 0.516. The average molecular weight is 238 g/mol. The predicted molar refractivity (Wildman–Crippen MR) is 68.8 cm³/mol. The Kier molecular flexibility index (Phi) is 4.82. The summed E-state index contributed by atoms with van der Waals surface area (Å²) < 4.78 is 10.5. The van der Waals surface area contributed by atoms with Gasteiger partial charge in [0.25, 0.3) is 0 Å². The van der Waals surface area contributed by atoms with Crippen molar-refractivity contribution in [2.45, 2.75) is 38.7 Å². The molecule has 0 aromatic heterocycles. The smallest absolute Gasteiger partial charge is 0.122 e. The molecule has 0 saturated carbocycles. The number of hydrogen-bond acceptors (Lipinski definition) is 3. The summed E-state index contributed by atoms with van der Waals surface area (Å²) in [5.74, 6) is 1.71. The van der Waals surface area contributed by atoms with Crippen LogP contribution in [0.1, 0.15) is 32.3 Å². The number of aliphatic hydroxyl groups is 1. The summed E-state index contributed by atoms with van der Waals surface area (Å²) in [6, 6.07) is 5.79. The minimum atomic E-state index is -0.605. The fourth-order valence-corrected chi connectivity index (χ4v) is 1.79. The standard InChI is InChI=1S/C14H22O3/c1-14(2,15)9-5-6-11-10-12(16-3)7-8-13(11)17-4/h7-8,10,15H,5-6,9H2,1-4H3. The first kappa shape index (κ1) is 13.8. The maximum Gasteiger partial charge on any atom is 0.122 e. The highest BCUT2D eigenvalue weighted by Crippen LogP contribution is 2.26. The van der Waals surface area contributed by atoms with E-state index in [-0.39, 0.29) is 0 Å². The number of ether oxygens (including phenoxy) is 2. The molecule has 1 aromatic rings. The summed E-state index contributed by atoms with van der Waals surface area (Å²) in [6.07, 6.45) is 2.57. The van der Waals surface area contributed by atoms with Crippen LogP contribution in [0.4, 0.5) is 0 Å². The SMILES string of the molecule is COc1ccc(OC)c(CCCC(C)(C)O)c1. The molecule has 3 heteroatoms. The monoisotopic (exact) mass is 238 g/mol. The molecular formula is C14H22O3. The second-order valence-electron chi connectivity index (χ2n) is 4.84. The lowest BCUT2D eigenvalue weighted by Crippen LogP contribution is -2.18. The summed E-state index contributed by atoms with van der Waals surface area (Å²) in [6.45, 7) is 3.66. The first-order valence-corrected chi connectivity index (χ1v) is 5.89. The Hall–Kier alpha value is -1.22. The van der Waals surface area contributed by atoms with Crippen molar-refractivity contribution in [2.75, 3.05) is 14.2 Å². The lowest BCUT2D eigenvalue weighted by Gasteiger charge is -2.17. The van der Waals surface area contributed by atoms with Crippen molar-refractivity contribution >= 4 is 0 Å². The molecule has 0 aliphatic rings. The minimum Gasteiger partial charge on any atom is -0.497 e. The third-order valence-corrected chi connectivity index (χ3v) is 2.72. The average Bonchev–Trinajstić information content (AvgIpc) is 2.27. The Morgan fingerprint density at radius 2 is 1.88 bits per heavy atom. The Bertz CT molecular complexity index is 353. The van der Waals surface area contributed by atoms with Crippen LogP contribution in [-0.4, -0.2) is 24.9 Å². The van der Waals surface area contributed by atoms with Crippen molar-refractivity contribution in [3.63, 3.8) is 0 Å². The van der Waals surface area contributed by atoms with Gasteiger partial charge >= 0.3 is 0 Å². The van der Waals surface area contributed by atoms with E-state index in [0.29, 0.717) is 0 Å². The molecule has 0 saturated heterocycles. The summed E-state index contributed by atoms with van der Waals surface area (Å²) in [7, 11) is 3.32. The topological polar surface area (TPSA) is 38.7 Å². The Labute approximate surface area is 103 Å². The van der Waals surface area contributed by atoms with E-state index < -0.39 is 5.60 Å². The molecule has 0 atom stereocenters. The highest BCUT2D eigenvalue weighted by atomic mass is 16.5. The summed E-state index contributed by atoms with van der Waals surface area (Å²) in [5, 5.41) is 9.67. The first-order valence-electron chi connectivity index (χ1n) is 5.89. The van der Waals surface area contributed by atoms with Crippen molar-refractivity contribution in [1.82, 2.24) is 0 Å². The molecule has 0 radical (unpaired) electrons. The van der Waals surface area contributed by atoms with Crippen LogP contribution in [0.25, 0.3) is 0 Å². The molecule has 0 aliphatic carbocycles. The lowest BCUT2D eigenvalue weighted by molar-refractivity contribution is 0.0689. The van der Waals surface area contributed by atoms with Crippen LogP contribution in [0.5, 0.6) is 11.5 Å². The Morgan fingerprint density at radius 1 is 1.18 bits per heavy atom. The third-order valence-electron chi connectivity index (χ3n) is 2.72. The minimum absolute atomic E-state index is 0.605. The number of aryl methyl sites for hydroxylation is 1. The van der Waals surface area contributed by atoms with E-state index in [0.717, 1.165) is 36.3 Å². The van der Waals surface area contributed by atoms with Crippen molar-refractivity contribution in [3.8, 4) is 11.5 Å². The van der Waals surface area contributed by atoms with Crippen LogP contribution < -0.4 is 9.47 Å². The fraction of sp³-hybridized carbons (Fsp3) is 0.571. The number of benzene rings is 1. The number of rotatable bonds is 6. The van der Waals surface area contributed by atoms with Crippen molar-refractivity contribution in [3.05, 3.63) is 23.8 Å². The number of methoxy groups -OCH3 is 2. The second-order valence-corrected chi connectivity index (χ2v) is 4.84. The molecule has 0 aliphatic heterocycles. The van der Waals surface area contributed by atoms with Crippen LogP contribution in [0.15, 0.2) is 18.2 Å². The van der Waals surface area contributed by atoms with Gasteiger partial charge in [-0.1, -0.05) is 0 Å². The molecule has 96 valence electrons. The van der Waals surface area contributed by atoms with E-state index in [1.165, 1.54) is 0 Å². The molecular weight excluding hydrogens is 216 g/mol. The van der Waals surface area contributed by atoms with E-state index in [1.807, 2.05) is 32.0 Å². The van der Waals surface area contributed by atoms with Gasteiger partial charge in [0.2, 0.25) is 0 Å². The van der Waals surface area contributed by atoms with Gasteiger partial charge in [0.05, 0.1) is 19.8 Å². The normalized spacial score (nSPS) is 11.4. The molecule has 3 nitrogen and oxygen atoms in total. The second kappa shape index (κ2) is 5.92. The highest BCUT2D eigenvalue weighted by Gasteiger charge is 2.12. The van der Waals surface area contributed by atoms with E-state index >= 15 is 0 Å². The van der Waals surface area contributed by atoms with Crippen LogP contribution in [-0.2, 0) is 6.42 Å². The lowest BCUT2D eigenvalue weighted by atomic mass is 9.98. The zero-order chi connectivity index (χ0) is 12.9. The Morgan fingerprint density at radius 3 is 2.41 bits per heavy atom. The van der Waals surface area contributed by atoms with Gasteiger partial charge in [0, 0.05) is 0 Å². The van der Waals surface area contributed by atoms with Crippen molar-refractivity contribution < 1.29 is 14.6 Å². The Balaban J connectivity index is 2.68. The molecule has 0 amide bonds. The van der Waals surface area contributed by atoms with Gasteiger partial charge in [-0.25, -0.2) is 0 Å². The summed E-state index contributed by atoms with van der Waals surface area (Å²) in [4.78, 5) is 0. The maximum absolute atomic E-state index is 9.67. The van der Waals surface area contributed by atoms with Crippen molar-refractivity contribution in [1.29, 1.82) is 0 Å². The van der Waals surface area contributed by atoms with Gasteiger partial charge < -0.3 is 14.6 Å². The maximum atomic E-state index is 9.67. The van der Waals surface area contributed by atoms with E-state index in [4.69, 9.17) is 9.47 Å². The highest BCUT2D eigenvalue weighted by molar-refractivity contribution is 5.40. The van der Waals surface area contributed by atoms with Crippen LogP contribution >= 0.6 is 0 Å². The first-order chi connectivity index (χ1) is 7.96. The van der Waals surface area contributed by atoms with Crippen LogP contribution in [0, 0.1) is 0 Å². The van der Waals surface area contributed by atoms with E-state index in [1.54, 1.807) is 14.2 Å².